The third-order valence-electron chi connectivity index (χ3n) is 3.49. The standard InChI is InChI=1S/C13H29N3O2S/c1-10(2)15-12(13(3,4)5)9-14-19(17,18)16(6)11-7-8-11/h10-12,14-15H,7-9H2,1-6H3/t12-/m1/s1. The summed E-state index contributed by atoms with van der Waals surface area (Å²) in [6.07, 6.45) is 1.95. The number of nitrogens with one attached hydrogen (secondary N) is 2. The van der Waals surface area contributed by atoms with E-state index < -0.39 is 10.2 Å². The van der Waals surface area contributed by atoms with Crippen LogP contribution in [0.4, 0.5) is 0 Å². The average molecular weight is 291 g/mol. The van der Waals surface area contributed by atoms with E-state index in [0.717, 1.165) is 12.8 Å². The van der Waals surface area contributed by atoms with Crippen LogP contribution in [0.15, 0.2) is 0 Å². The van der Waals surface area contributed by atoms with Crippen LogP contribution < -0.4 is 10.0 Å². The molecule has 1 fully saturated rings. The molecule has 5 nitrogen and oxygen atoms in total. The molecule has 1 aliphatic rings. The van der Waals surface area contributed by atoms with Crippen molar-refractivity contribution < 1.29 is 8.42 Å². The Labute approximate surface area is 118 Å². The summed E-state index contributed by atoms with van der Waals surface area (Å²) in [5.74, 6) is 0. The van der Waals surface area contributed by atoms with Gasteiger partial charge in [0.1, 0.15) is 0 Å². The van der Waals surface area contributed by atoms with Crippen molar-refractivity contribution in [2.24, 2.45) is 5.41 Å². The molecule has 0 saturated heterocycles. The van der Waals surface area contributed by atoms with Crippen molar-refractivity contribution in [2.75, 3.05) is 13.6 Å². The van der Waals surface area contributed by atoms with E-state index in [1.807, 2.05) is 0 Å². The van der Waals surface area contributed by atoms with Crippen molar-refractivity contribution in [3.05, 3.63) is 0 Å². The summed E-state index contributed by atoms with van der Waals surface area (Å²) in [5.41, 5.74) is 0.00490. The van der Waals surface area contributed by atoms with Crippen molar-refractivity contribution >= 4 is 10.2 Å². The summed E-state index contributed by atoms with van der Waals surface area (Å²) in [6.45, 7) is 10.9. The van der Waals surface area contributed by atoms with Gasteiger partial charge in [-0.3, -0.25) is 0 Å². The third kappa shape index (κ3) is 5.38. The maximum atomic E-state index is 12.1. The van der Waals surface area contributed by atoms with Gasteiger partial charge < -0.3 is 5.32 Å². The van der Waals surface area contributed by atoms with Gasteiger partial charge in [0.25, 0.3) is 10.2 Å². The zero-order chi connectivity index (χ0) is 14.8. The smallest absolute Gasteiger partial charge is 0.279 e. The zero-order valence-electron chi connectivity index (χ0n) is 13.0. The summed E-state index contributed by atoms with van der Waals surface area (Å²) in [7, 11) is -1.69. The second-order valence-corrected chi connectivity index (χ2v) is 8.66. The molecule has 0 unspecified atom stereocenters. The van der Waals surface area contributed by atoms with Crippen LogP contribution >= 0.6 is 0 Å². The Morgan fingerprint density at radius 3 is 2.16 bits per heavy atom. The van der Waals surface area contributed by atoms with Gasteiger partial charge in [0.2, 0.25) is 0 Å². The van der Waals surface area contributed by atoms with E-state index in [9.17, 15) is 8.42 Å². The first-order valence-corrected chi connectivity index (χ1v) is 8.46. The van der Waals surface area contributed by atoms with Crippen LogP contribution in [0.5, 0.6) is 0 Å². The lowest BCUT2D eigenvalue weighted by atomic mass is 9.86. The summed E-state index contributed by atoms with van der Waals surface area (Å²) < 4.78 is 28.4. The maximum absolute atomic E-state index is 12.1. The minimum absolute atomic E-state index is 0.00490. The first-order valence-electron chi connectivity index (χ1n) is 7.02. The van der Waals surface area contributed by atoms with E-state index in [1.54, 1.807) is 7.05 Å². The summed E-state index contributed by atoms with van der Waals surface area (Å²) >= 11 is 0. The lowest BCUT2D eigenvalue weighted by molar-refractivity contribution is 0.253. The van der Waals surface area contributed by atoms with E-state index in [0.29, 0.717) is 12.6 Å². The van der Waals surface area contributed by atoms with E-state index in [1.165, 1.54) is 4.31 Å². The monoisotopic (exact) mass is 291 g/mol. The molecular weight excluding hydrogens is 262 g/mol. The number of hydrogen-bond acceptors (Lipinski definition) is 3. The molecule has 0 bridgehead atoms. The van der Waals surface area contributed by atoms with Crippen LogP contribution in [0.1, 0.15) is 47.5 Å². The second-order valence-electron chi connectivity index (χ2n) is 6.84. The predicted molar refractivity (Wildman–Crippen MR) is 79.2 cm³/mol. The highest BCUT2D eigenvalue weighted by Crippen LogP contribution is 2.27. The molecule has 6 heteroatoms. The summed E-state index contributed by atoms with van der Waals surface area (Å²) in [4.78, 5) is 0. The largest absolute Gasteiger partial charge is 0.310 e. The Bertz CT molecular complexity index is 383. The maximum Gasteiger partial charge on any atom is 0.279 e. The normalized spacial score (nSPS) is 19.2. The molecule has 0 radical (unpaired) electrons. The van der Waals surface area contributed by atoms with Gasteiger partial charge in [-0.25, -0.2) is 4.72 Å². The van der Waals surface area contributed by atoms with Gasteiger partial charge >= 0.3 is 0 Å². The lowest BCUT2D eigenvalue weighted by Crippen LogP contribution is -2.52. The fourth-order valence-electron chi connectivity index (χ4n) is 1.94. The average Bonchev–Trinajstić information content (AvgIpc) is 3.04. The molecule has 0 aliphatic heterocycles. The van der Waals surface area contributed by atoms with Gasteiger partial charge in [-0.2, -0.15) is 12.7 Å². The third-order valence-corrected chi connectivity index (χ3v) is 5.08. The van der Waals surface area contributed by atoms with Gasteiger partial charge in [-0.1, -0.05) is 34.6 Å². The van der Waals surface area contributed by atoms with Crippen LogP contribution in [0.3, 0.4) is 0 Å². The van der Waals surface area contributed by atoms with E-state index in [4.69, 9.17) is 0 Å². The van der Waals surface area contributed by atoms with Crippen LogP contribution in [0, 0.1) is 5.41 Å². The van der Waals surface area contributed by atoms with Crippen LogP contribution in [0.2, 0.25) is 0 Å². The topological polar surface area (TPSA) is 61.4 Å². The Balaban J connectivity index is 2.60. The molecular formula is C13H29N3O2S. The first-order chi connectivity index (χ1) is 8.54. The Hall–Kier alpha value is -0.170. The molecule has 0 amide bonds. The zero-order valence-corrected chi connectivity index (χ0v) is 13.8. The number of rotatable bonds is 7. The van der Waals surface area contributed by atoms with Crippen molar-refractivity contribution in [3.63, 3.8) is 0 Å². The fourth-order valence-corrected chi connectivity index (χ4v) is 3.13. The number of nitrogens with zero attached hydrogens (tertiary/aromatic N) is 1. The molecule has 1 rings (SSSR count). The molecule has 1 saturated carbocycles. The van der Waals surface area contributed by atoms with Gasteiger partial charge in [0.05, 0.1) is 0 Å². The minimum Gasteiger partial charge on any atom is -0.310 e. The molecule has 1 aliphatic carbocycles. The van der Waals surface area contributed by atoms with Crippen LogP contribution in [-0.2, 0) is 10.2 Å². The Morgan fingerprint density at radius 1 is 1.26 bits per heavy atom. The highest BCUT2D eigenvalue weighted by molar-refractivity contribution is 7.87. The molecule has 0 aromatic heterocycles. The Kier molecular flexibility index (Phi) is 5.40. The van der Waals surface area contributed by atoms with E-state index in [2.05, 4.69) is 44.7 Å². The van der Waals surface area contributed by atoms with Crippen LogP contribution in [-0.4, -0.2) is 44.4 Å². The molecule has 0 spiro atoms. The number of hydrogen-bond donors (Lipinski definition) is 2. The lowest BCUT2D eigenvalue weighted by Gasteiger charge is -2.34. The quantitative estimate of drug-likeness (QED) is 0.744. The Morgan fingerprint density at radius 2 is 1.79 bits per heavy atom. The molecule has 0 heterocycles. The van der Waals surface area contributed by atoms with Gasteiger partial charge in [0, 0.05) is 31.7 Å². The van der Waals surface area contributed by atoms with E-state index in [-0.39, 0.29) is 17.5 Å². The molecule has 19 heavy (non-hydrogen) atoms. The highest BCUT2D eigenvalue weighted by atomic mass is 32.2. The molecule has 114 valence electrons. The SMILES string of the molecule is CC(C)N[C@H](CNS(=O)(=O)N(C)C1CC1)C(C)(C)C. The van der Waals surface area contributed by atoms with E-state index >= 15 is 0 Å². The summed E-state index contributed by atoms with van der Waals surface area (Å²) in [5, 5.41) is 3.43. The van der Waals surface area contributed by atoms with Gasteiger partial charge in [0.15, 0.2) is 0 Å². The van der Waals surface area contributed by atoms with Crippen molar-refractivity contribution in [1.82, 2.24) is 14.3 Å². The fraction of sp³-hybridized carbons (Fsp3) is 1.00. The summed E-state index contributed by atoms with van der Waals surface area (Å²) in [6, 6.07) is 0.633. The van der Waals surface area contributed by atoms with Gasteiger partial charge in [-0.05, 0) is 18.3 Å². The highest BCUT2D eigenvalue weighted by Gasteiger charge is 2.35. The molecule has 2 N–H and O–H groups in total. The first kappa shape index (κ1) is 16.9. The second kappa shape index (κ2) is 6.08. The molecule has 0 aromatic carbocycles. The molecule has 0 aromatic rings. The van der Waals surface area contributed by atoms with Gasteiger partial charge in [-0.15, -0.1) is 0 Å². The van der Waals surface area contributed by atoms with Crippen molar-refractivity contribution in [1.29, 1.82) is 0 Å². The molecule has 1 atom stereocenters. The van der Waals surface area contributed by atoms with Crippen molar-refractivity contribution in [3.8, 4) is 0 Å². The van der Waals surface area contributed by atoms with Crippen LogP contribution in [0.25, 0.3) is 0 Å². The van der Waals surface area contributed by atoms with Crippen molar-refractivity contribution in [2.45, 2.75) is 65.6 Å². The minimum atomic E-state index is -3.34. The predicted octanol–water partition coefficient (Wildman–Crippen LogP) is 1.33.